The van der Waals surface area contributed by atoms with Crippen LogP contribution in [0.5, 0.6) is 0 Å². The minimum atomic E-state index is -0.293. The Morgan fingerprint density at radius 1 is 1.18 bits per heavy atom. The van der Waals surface area contributed by atoms with E-state index in [1.54, 1.807) is 54.3 Å². The van der Waals surface area contributed by atoms with Crippen molar-refractivity contribution in [2.24, 2.45) is 7.05 Å². The van der Waals surface area contributed by atoms with Crippen molar-refractivity contribution in [2.75, 3.05) is 5.32 Å². The highest BCUT2D eigenvalue weighted by Crippen LogP contribution is 2.18. The number of anilines is 1. The second-order valence-electron chi connectivity index (χ2n) is 6.18. The van der Waals surface area contributed by atoms with Gasteiger partial charge in [-0.3, -0.25) is 9.48 Å². The molecule has 0 fully saturated rings. The SMILES string of the molecule is Cn1nnnc1-c1cccc(C(=O)Nc2cnn(Cc3ccccc3F)c2)c1. The van der Waals surface area contributed by atoms with Crippen LogP contribution in [0.15, 0.2) is 60.9 Å². The number of carbonyl (C=O) groups excluding carboxylic acids is 1. The molecule has 0 radical (unpaired) electrons. The third kappa shape index (κ3) is 3.63. The van der Waals surface area contributed by atoms with Crippen molar-refractivity contribution in [3.8, 4) is 11.4 Å². The van der Waals surface area contributed by atoms with Crippen molar-refractivity contribution < 1.29 is 9.18 Å². The van der Waals surface area contributed by atoms with E-state index < -0.39 is 0 Å². The van der Waals surface area contributed by atoms with Crippen LogP contribution in [0.3, 0.4) is 0 Å². The second-order valence-corrected chi connectivity index (χ2v) is 6.18. The Morgan fingerprint density at radius 2 is 2.04 bits per heavy atom. The number of hydrogen-bond acceptors (Lipinski definition) is 5. The summed E-state index contributed by atoms with van der Waals surface area (Å²) in [5, 5.41) is 18.3. The molecule has 2 heterocycles. The van der Waals surface area contributed by atoms with E-state index >= 15 is 0 Å². The van der Waals surface area contributed by atoms with Crippen LogP contribution in [0.25, 0.3) is 11.4 Å². The average Bonchev–Trinajstić information content (AvgIpc) is 3.32. The lowest BCUT2D eigenvalue weighted by Crippen LogP contribution is -2.11. The lowest BCUT2D eigenvalue weighted by Gasteiger charge is -2.05. The molecule has 0 bridgehead atoms. The molecule has 8 nitrogen and oxygen atoms in total. The van der Waals surface area contributed by atoms with Crippen LogP contribution in [0.4, 0.5) is 10.1 Å². The number of halogens is 1. The summed E-state index contributed by atoms with van der Waals surface area (Å²) in [6, 6.07) is 13.5. The normalized spacial score (nSPS) is 10.8. The molecule has 0 atom stereocenters. The standard InChI is InChI=1S/C19H16FN7O/c1-26-18(23-24-25-26)13-6-4-7-14(9-13)19(28)22-16-10-21-27(12-16)11-15-5-2-3-8-17(15)20/h2-10,12H,11H2,1H3,(H,22,28). The predicted molar refractivity (Wildman–Crippen MR) is 99.9 cm³/mol. The van der Waals surface area contributed by atoms with E-state index in [0.717, 1.165) is 5.56 Å². The van der Waals surface area contributed by atoms with Crippen LogP contribution in [0, 0.1) is 5.82 Å². The molecule has 0 unspecified atom stereocenters. The molecule has 0 aliphatic carbocycles. The van der Waals surface area contributed by atoms with Gasteiger partial charge < -0.3 is 5.32 Å². The van der Waals surface area contributed by atoms with Gasteiger partial charge in [0.15, 0.2) is 5.82 Å². The fourth-order valence-electron chi connectivity index (χ4n) is 2.79. The van der Waals surface area contributed by atoms with E-state index in [9.17, 15) is 9.18 Å². The molecule has 140 valence electrons. The zero-order valence-electron chi connectivity index (χ0n) is 15.0. The van der Waals surface area contributed by atoms with Crippen LogP contribution in [-0.4, -0.2) is 35.9 Å². The average molecular weight is 377 g/mol. The lowest BCUT2D eigenvalue weighted by atomic mass is 10.1. The molecule has 4 aromatic rings. The van der Waals surface area contributed by atoms with Crippen LogP contribution in [-0.2, 0) is 13.6 Å². The first-order valence-electron chi connectivity index (χ1n) is 8.50. The third-order valence-electron chi connectivity index (χ3n) is 4.18. The molecular weight excluding hydrogens is 361 g/mol. The van der Waals surface area contributed by atoms with Crippen molar-refractivity contribution in [1.82, 2.24) is 30.0 Å². The molecule has 0 saturated heterocycles. The van der Waals surface area contributed by atoms with E-state index in [1.165, 1.54) is 16.9 Å². The molecular formula is C19H16FN7O. The van der Waals surface area contributed by atoms with Crippen molar-refractivity contribution in [3.63, 3.8) is 0 Å². The fraction of sp³-hybridized carbons (Fsp3) is 0.105. The molecule has 0 aliphatic heterocycles. The minimum Gasteiger partial charge on any atom is -0.319 e. The van der Waals surface area contributed by atoms with Crippen LogP contribution in [0.2, 0.25) is 0 Å². The van der Waals surface area contributed by atoms with E-state index in [0.29, 0.717) is 22.6 Å². The zero-order valence-corrected chi connectivity index (χ0v) is 15.0. The first-order chi connectivity index (χ1) is 13.6. The van der Waals surface area contributed by atoms with Crippen molar-refractivity contribution in [2.45, 2.75) is 6.54 Å². The summed E-state index contributed by atoms with van der Waals surface area (Å²) in [5.41, 5.74) is 2.23. The van der Waals surface area contributed by atoms with Crippen LogP contribution >= 0.6 is 0 Å². The molecule has 1 N–H and O–H groups in total. The summed E-state index contributed by atoms with van der Waals surface area (Å²) >= 11 is 0. The summed E-state index contributed by atoms with van der Waals surface area (Å²) < 4.78 is 16.9. The van der Waals surface area contributed by atoms with E-state index in [4.69, 9.17) is 0 Å². The van der Waals surface area contributed by atoms with Gasteiger partial charge in [0.05, 0.1) is 18.4 Å². The molecule has 0 aliphatic rings. The Balaban J connectivity index is 1.48. The number of carbonyl (C=O) groups is 1. The Hall–Kier alpha value is -3.88. The molecule has 0 spiro atoms. The maximum atomic E-state index is 13.8. The van der Waals surface area contributed by atoms with Gasteiger partial charge in [0.2, 0.25) is 0 Å². The van der Waals surface area contributed by atoms with Gasteiger partial charge >= 0.3 is 0 Å². The first kappa shape index (κ1) is 17.5. The number of hydrogen-bond donors (Lipinski definition) is 1. The highest BCUT2D eigenvalue weighted by atomic mass is 19.1. The number of rotatable bonds is 5. The molecule has 28 heavy (non-hydrogen) atoms. The second kappa shape index (κ2) is 7.39. The first-order valence-corrected chi connectivity index (χ1v) is 8.50. The summed E-state index contributed by atoms with van der Waals surface area (Å²) in [6.45, 7) is 0.275. The smallest absolute Gasteiger partial charge is 0.255 e. The van der Waals surface area contributed by atoms with Crippen molar-refractivity contribution in [3.05, 3.63) is 77.9 Å². The van der Waals surface area contributed by atoms with Gasteiger partial charge in [0.25, 0.3) is 5.91 Å². The topological polar surface area (TPSA) is 90.5 Å². The van der Waals surface area contributed by atoms with E-state index in [2.05, 4.69) is 25.9 Å². The lowest BCUT2D eigenvalue weighted by molar-refractivity contribution is 0.102. The van der Waals surface area contributed by atoms with Gasteiger partial charge in [-0.05, 0) is 28.6 Å². The monoisotopic (exact) mass is 377 g/mol. The number of nitrogens with zero attached hydrogens (tertiary/aromatic N) is 6. The Labute approximate surface area is 159 Å². The fourth-order valence-corrected chi connectivity index (χ4v) is 2.79. The van der Waals surface area contributed by atoms with Gasteiger partial charge in [-0.15, -0.1) is 5.10 Å². The largest absolute Gasteiger partial charge is 0.319 e. The molecule has 2 aromatic carbocycles. The quantitative estimate of drug-likeness (QED) is 0.577. The maximum absolute atomic E-state index is 13.8. The van der Waals surface area contributed by atoms with Gasteiger partial charge in [0, 0.05) is 29.9 Å². The van der Waals surface area contributed by atoms with Crippen molar-refractivity contribution in [1.29, 1.82) is 0 Å². The predicted octanol–water partition coefficient (Wildman–Crippen LogP) is 2.51. The highest BCUT2D eigenvalue weighted by molar-refractivity contribution is 6.04. The molecule has 4 rings (SSSR count). The van der Waals surface area contributed by atoms with Crippen molar-refractivity contribution >= 4 is 11.6 Å². The number of amides is 1. The molecule has 1 amide bonds. The van der Waals surface area contributed by atoms with Gasteiger partial charge in [-0.2, -0.15) is 5.10 Å². The number of aryl methyl sites for hydroxylation is 1. The minimum absolute atomic E-state index is 0.275. The van der Waals surface area contributed by atoms with Gasteiger partial charge in [-0.25, -0.2) is 9.07 Å². The number of tetrazole rings is 1. The third-order valence-corrected chi connectivity index (χ3v) is 4.18. The Morgan fingerprint density at radius 3 is 2.82 bits per heavy atom. The number of benzene rings is 2. The summed E-state index contributed by atoms with van der Waals surface area (Å²) in [6.07, 6.45) is 3.18. The molecule has 2 aromatic heterocycles. The number of aromatic nitrogens is 6. The molecule has 9 heteroatoms. The Kier molecular flexibility index (Phi) is 4.63. The Bertz CT molecular complexity index is 1130. The number of nitrogens with one attached hydrogen (secondary N) is 1. The van der Waals surface area contributed by atoms with Crippen LogP contribution < -0.4 is 5.32 Å². The maximum Gasteiger partial charge on any atom is 0.255 e. The van der Waals surface area contributed by atoms with E-state index in [-0.39, 0.29) is 18.3 Å². The zero-order chi connectivity index (χ0) is 19.5. The van der Waals surface area contributed by atoms with Gasteiger partial charge in [0.1, 0.15) is 5.82 Å². The van der Waals surface area contributed by atoms with Crippen LogP contribution in [0.1, 0.15) is 15.9 Å². The van der Waals surface area contributed by atoms with E-state index in [1.807, 2.05) is 6.07 Å². The van der Waals surface area contributed by atoms with Gasteiger partial charge in [-0.1, -0.05) is 30.3 Å². The summed E-state index contributed by atoms with van der Waals surface area (Å²) in [7, 11) is 1.73. The highest BCUT2D eigenvalue weighted by Gasteiger charge is 2.12. The molecule has 0 saturated carbocycles. The summed E-state index contributed by atoms with van der Waals surface area (Å²) in [4.78, 5) is 12.6. The summed E-state index contributed by atoms with van der Waals surface area (Å²) in [5.74, 6) is -0.0200.